The van der Waals surface area contributed by atoms with Crippen LogP contribution in [0.4, 0.5) is 8.78 Å². The fraction of sp³-hybridized carbons (Fsp3) is 0.259. The van der Waals surface area contributed by atoms with E-state index in [9.17, 15) is 28.3 Å². The minimum absolute atomic E-state index is 0.0767. The number of aromatic nitrogens is 1. The van der Waals surface area contributed by atoms with Gasteiger partial charge in [0.2, 0.25) is 5.75 Å². The Kier molecular flexibility index (Phi) is 8.74. The molecule has 0 bridgehead atoms. The third kappa shape index (κ3) is 6.12. The van der Waals surface area contributed by atoms with Crippen LogP contribution in [-0.2, 0) is 19.9 Å². The zero-order valence-corrected chi connectivity index (χ0v) is 21.0. The summed E-state index contributed by atoms with van der Waals surface area (Å²) in [5.74, 6) is -3.74. The van der Waals surface area contributed by atoms with E-state index in [4.69, 9.17) is 14.2 Å². The average Bonchev–Trinajstić information content (AvgIpc) is 2.88. The fourth-order valence-corrected chi connectivity index (χ4v) is 3.72. The number of hydrogen-bond acceptors (Lipinski definition) is 8. The predicted molar refractivity (Wildman–Crippen MR) is 130 cm³/mol. The summed E-state index contributed by atoms with van der Waals surface area (Å²) in [6.07, 6.45) is -0.00561. The molecule has 1 amide bonds. The Morgan fingerprint density at radius 2 is 1.47 bits per heavy atom. The van der Waals surface area contributed by atoms with Crippen LogP contribution in [0.2, 0.25) is 0 Å². The maximum Gasteiger partial charge on any atom is 0.328 e. The van der Waals surface area contributed by atoms with Crippen molar-refractivity contribution in [2.75, 3.05) is 7.11 Å². The Labute approximate surface area is 217 Å². The van der Waals surface area contributed by atoms with Crippen molar-refractivity contribution in [2.24, 2.45) is 0 Å². The second kappa shape index (κ2) is 11.8. The van der Waals surface area contributed by atoms with Gasteiger partial charge in [0.15, 0.2) is 17.0 Å². The molecule has 2 aromatic carbocycles. The number of methoxy groups -OCH3 is 1. The molecule has 0 saturated heterocycles. The van der Waals surface area contributed by atoms with Gasteiger partial charge in [0.05, 0.1) is 7.11 Å². The van der Waals surface area contributed by atoms with Gasteiger partial charge in [-0.1, -0.05) is 24.3 Å². The van der Waals surface area contributed by atoms with E-state index in [0.717, 1.165) is 31.2 Å². The molecular formula is C27H26F2N2O7. The number of esters is 2. The highest BCUT2D eigenvalue weighted by atomic mass is 19.1. The van der Waals surface area contributed by atoms with Crippen LogP contribution in [0.5, 0.6) is 11.5 Å². The zero-order chi connectivity index (χ0) is 28.0. The third-order valence-corrected chi connectivity index (χ3v) is 5.70. The first-order valence-electron chi connectivity index (χ1n) is 11.4. The first-order valence-corrected chi connectivity index (χ1v) is 11.4. The molecule has 200 valence electrons. The van der Waals surface area contributed by atoms with Gasteiger partial charge < -0.3 is 24.6 Å². The molecule has 0 aliphatic heterocycles. The van der Waals surface area contributed by atoms with Gasteiger partial charge in [-0.2, -0.15) is 0 Å². The number of pyridine rings is 1. The van der Waals surface area contributed by atoms with Gasteiger partial charge in [0.25, 0.3) is 5.91 Å². The molecule has 0 radical (unpaired) electrons. The molecule has 11 heteroatoms. The lowest BCUT2D eigenvalue weighted by molar-refractivity contribution is -0.162. The molecule has 0 aliphatic carbocycles. The summed E-state index contributed by atoms with van der Waals surface area (Å²) in [6, 6.07) is 9.93. The van der Waals surface area contributed by atoms with Crippen LogP contribution in [0.15, 0.2) is 60.8 Å². The van der Waals surface area contributed by atoms with E-state index >= 15 is 0 Å². The van der Waals surface area contributed by atoms with E-state index in [1.165, 1.54) is 57.5 Å². The van der Waals surface area contributed by atoms with Crippen LogP contribution in [0.3, 0.4) is 0 Å². The lowest BCUT2D eigenvalue weighted by atomic mass is 9.82. The SMILES string of the molecule is COc1ccnc(C(=O)N[C@H](C)C(=O)O[C@@H](C)C(O)(c2ccc(F)cc2)c2ccc(F)cc2)c1OC(C)=O. The molecule has 38 heavy (non-hydrogen) atoms. The summed E-state index contributed by atoms with van der Waals surface area (Å²) in [4.78, 5) is 41.2. The molecule has 2 N–H and O–H groups in total. The molecule has 1 heterocycles. The first kappa shape index (κ1) is 28.2. The molecular weight excluding hydrogens is 502 g/mol. The molecule has 3 rings (SSSR count). The smallest absolute Gasteiger partial charge is 0.328 e. The number of benzene rings is 2. The van der Waals surface area contributed by atoms with Gasteiger partial charge in [-0.15, -0.1) is 0 Å². The van der Waals surface area contributed by atoms with Gasteiger partial charge in [0.1, 0.15) is 23.8 Å². The standard InChI is InChI=1S/C27H26F2N2O7/c1-15(31-25(33)23-24(38-17(3)32)22(36-4)13-14-30-23)26(34)37-16(2)27(35,18-5-9-20(28)10-6-18)19-7-11-21(29)12-8-19/h5-16,35H,1-4H3,(H,31,33)/t15-,16+/m1/s1. The highest BCUT2D eigenvalue weighted by molar-refractivity contribution is 5.98. The average molecular weight is 529 g/mol. The number of halogens is 2. The Bertz CT molecular complexity index is 1270. The van der Waals surface area contributed by atoms with Crippen LogP contribution in [0.25, 0.3) is 0 Å². The van der Waals surface area contributed by atoms with Gasteiger partial charge in [0, 0.05) is 19.2 Å². The summed E-state index contributed by atoms with van der Waals surface area (Å²) in [5, 5.41) is 14.1. The van der Waals surface area contributed by atoms with E-state index < -0.39 is 47.2 Å². The number of aliphatic hydroxyl groups is 1. The van der Waals surface area contributed by atoms with Crippen molar-refractivity contribution in [2.45, 2.75) is 38.5 Å². The van der Waals surface area contributed by atoms with Gasteiger partial charge in [-0.05, 0) is 49.2 Å². The van der Waals surface area contributed by atoms with Crippen LogP contribution in [0.1, 0.15) is 42.4 Å². The van der Waals surface area contributed by atoms with E-state index in [1.807, 2.05) is 0 Å². The van der Waals surface area contributed by atoms with Crippen molar-refractivity contribution in [3.05, 3.63) is 89.2 Å². The lowest BCUT2D eigenvalue weighted by Crippen LogP contribution is -2.46. The molecule has 0 spiro atoms. The van der Waals surface area contributed by atoms with Gasteiger partial charge in [-0.3, -0.25) is 9.59 Å². The first-order chi connectivity index (χ1) is 18.0. The van der Waals surface area contributed by atoms with Crippen molar-refractivity contribution in [1.82, 2.24) is 10.3 Å². The minimum atomic E-state index is -1.99. The van der Waals surface area contributed by atoms with Gasteiger partial charge >= 0.3 is 11.9 Å². The number of carbonyl (C=O) groups excluding carboxylic acids is 3. The number of hydrogen-bond donors (Lipinski definition) is 2. The van der Waals surface area contributed by atoms with E-state index in [0.29, 0.717) is 0 Å². The third-order valence-electron chi connectivity index (χ3n) is 5.70. The number of carbonyl (C=O) groups is 3. The maximum absolute atomic E-state index is 13.6. The Morgan fingerprint density at radius 3 is 1.95 bits per heavy atom. The van der Waals surface area contributed by atoms with Crippen molar-refractivity contribution in [3.63, 3.8) is 0 Å². The molecule has 0 aliphatic rings. The summed E-state index contributed by atoms with van der Waals surface area (Å²) in [5.41, 5.74) is -1.91. The van der Waals surface area contributed by atoms with Crippen molar-refractivity contribution < 1.29 is 42.5 Å². The molecule has 0 unspecified atom stereocenters. The monoisotopic (exact) mass is 528 g/mol. The van der Waals surface area contributed by atoms with Crippen molar-refractivity contribution >= 4 is 17.8 Å². The van der Waals surface area contributed by atoms with E-state index in [1.54, 1.807) is 0 Å². The molecule has 1 aromatic heterocycles. The lowest BCUT2D eigenvalue weighted by Gasteiger charge is -2.35. The molecule has 9 nitrogen and oxygen atoms in total. The van der Waals surface area contributed by atoms with Crippen molar-refractivity contribution in [3.8, 4) is 11.5 Å². The molecule has 0 saturated carbocycles. The normalized spacial score (nSPS) is 12.7. The summed E-state index contributed by atoms with van der Waals surface area (Å²) >= 11 is 0. The molecule has 2 atom stereocenters. The van der Waals surface area contributed by atoms with Crippen LogP contribution in [-0.4, -0.2) is 47.2 Å². The predicted octanol–water partition coefficient (Wildman–Crippen LogP) is 3.28. The quantitative estimate of drug-likeness (QED) is 0.406. The second-order valence-corrected chi connectivity index (χ2v) is 8.34. The summed E-state index contributed by atoms with van der Waals surface area (Å²) in [6.45, 7) is 3.88. The number of nitrogens with zero attached hydrogens (tertiary/aromatic N) is 1. The second-order valence-electron chi connectivity index (χ2n) is 8.34. The Morgan fingerprint density at radius 1 is 0.947 bits per heavy atom. The molecule has 0 fully saturated rings. The Hall–Kier alpha value is -4.38. The number of rotatable bonds is 9. The van der Waals surface area contributed by atoms with Crippen LogP contribution < -0.4 is 14.8 Å². The highest BCUT2D eigenvalue weighted by Gasteiger charge is 2.41. The largest absolute Gasteiger partial charge is 0.493 e. The van der Waals surface area contributed by atoms with Gasteiger partial charge in [-0.25, -0.2) is 18.6 Å². The van der Waals surface area contributed by atoms with Crippen LogP contribution >= 0.6 is 0 Å². The topological polar surface area (TPSA) is 124 Å². The minimum Gasteiger partial charge on any atom is -0.493 e. The van der Waals surface area contributed by atoms with E-state index in [-0.39, 0.29) is 28.3 Å². The number of amides is 1. The number of nitrogens with one attached hydrogen (secondary N) is 1. The number of ether oxygens (including phenoxy) is 3. The summed E-state index contributed by atoms with van der Waals surface area (Å²) < 4.78 is 42.8. The highest BCUT2D eigenvalue weighted by Crippen LogP contribution is 2.35. The maximum atomic E-state index is 13.6. The molecule has 3 aromatic rings. The van der Waals surface area contributed by atoms with Crippen molar-refractivity contribution in [1.29, 1.82) is 0 Å². The van der Waals surface area contributed by atoms with Crippen LogP contribution in [0, 0.1) is 11.6 Å². The van der Waals surface area contributed by atoms with E-state index in [2.05, 4.69) is 10.3 Å². The summed E-state index contributed by atoms with van der Waals surface area (Å²) in [7, 11) is 1.31. The Balaban J connectivity index is 1.83. The zero-order valence-electron chi connectivity index (χ0n) is 21.0. The fourth-order valence-electron chi connectivity index (χ4n) is 3.72.